The molecule has 0 bridgehead atoms. The molecule has 0 aliphatic carbocycles. The number of carbonyl (C=O) groups excluding carboxylic acids is 1. The number of thiocarbonyl (C=S) groups is 1. The number of hydrogen-bond donors (Lipinski definition) is 2. The highest BCUT2D eigenvalue weighted by Crippen LogP contribution is 2.45. The molecule has 2 aliphatic rings. The maximum atomic E-state index is 13.3. The number of carboxylic acids is 1. The summed E-state index contributed by atoms with van der Waals surface area (Å²) in [4.78, 5) is 41.2. The highest BCUT2D eigenvalue weighted by atomic mass is 32.2. The van der Waals surface area contributed by atoms with Gasteiger partial charge in [0.25, 0.3) is 21.6 Å². The molecule has 16 heteroatoms. The fourth-order valence-electron chi connectivity index (χ4n) is 3.65. The zero-order chi connectivity index (χ0) is 27.6. The maximum Gasteiger partial charge on any atom is 0.323 e. The molecule has 0 unspecified atom stereocenters. The number of amides is 1. The molecule has 2 N–H and O–H groups in total. The largest absolute Gasteiger partial charge is 0.480 e. The van der Waals surface area contributed by atoms with E-state index in [0.29, 0.717) is 14.2 Å². The first kappa shape index (κ1) is 28.5. The number of fused-ring (bicyclic) bond motifs is 1. The van der Waals surface area contributed by atoms with Crippen LogP contribution in [0.3, 0.4) is 0 Å². The number of thiazole rings is 1. The van der Waals surface area contributed by atoms with Crippen molar-refractivity contribution in [3.05, 3.63) is 54.9 Å². The molecule has 1 saturated heterocycles. The number of hydrogen-bond acceptors (Lipinski definition) is 11. The van der Waals surface area contributed by atoms with Gasteiger partial charge in [-0.05, 0) is 24.3 Å². The van der Waals surface area contributed by atoms with E-state index in [2.05, 4.69) is 0 Å². The summed E-state index contributed by atoms with van der Waals surface area (Å²) in [5, 5.41) is 9.78. The van der Waals surface area contributed by atoms with E-state index in [1.165, 1.54) is 23.4 Å². The van der Waals surface area contributed by atoms with E-state index in [1.807, 2.05) is 24.3 Å². The molecule has 2 aliphatic heterocycles. The zero-order valence-electron chi connectivity index (χ0n) is 19.7. The van der Waals surface area contributed by atoms with Crippen LogP contribution in [0.25, 0.3) is 11.0 Å². The molecule has 11 nitrogen and oxygen atoms in total. The number of rotatable bonds is 9. The number of aliphatic carboxylic acids is 1. The van der Waals surface area contributed by atoms with Crippen LogP contribution in [0, 0.1) is 0 Å². The Morgan fingerprint density at radius 1 is 1.13 bits per heavy atom. The van der Waals surface area contributed by atoms with Gasteiger partial charge in [0, 0.05) is 18.6 Å². The lowest BCUT2D eigenvalue weighted by molar-refractivity contribution is -0.140. The van der Waals surface area contributed by atoms with Crippen molar-refractivity contribution >= 4 is 90.1 Å². The average molecular weight is 616 g/mol. The number of carbonyl (C=O) groups is 2. The molecule has 3 heterocycles. The van der Waals surface area contributed by atoms with Gasteiger partial charge in [0.05, 0.1) is 34.2 Å². The first-order valence-electron chi connectivity index (χ1n) is 10.9. The number of para-hydroxylation sites is 1. The van der Waals surface area contributed by atoms with Crippen LogP contribution in [0.15, 0.2) is 45.1 Å². The van der Waals surface area contributed by atoms with Crippen molar-refractivity contribution < 1.29 is 32.4 Å². The van der Waals surface area contributed by atoms with Crippen molar-refractivity contribution in [2.75, 3.05) is 37.5 Å². The van der Waals surface area contributed by atoms with Gasteiger partial charge < -0.3 is 14.7 Å². The Kier molecular flexibility index (Phi) is 8.81. The summed E-state index contributed by atoms with van der Waals surface area (Å²) in [5.74, 6) is -2.27. The summed E-state index contributed by atoms with van der Waals surface area (Å²) in [5.41, 5.74) is 0.410. The third kappa shape index (κ3) is 6.22. The first-order valence-corrected chi connectivity index (χ1v) is 15.4. The molecule has 1 aromatic heterocycles. The number of thioether (sulfide) groups is 2. The highest BCUT2D eigenvalue weighted by molar-refractivity contribution is 8.30. The van der Waals surface area contributed by atoms with Gasteiger partial charge in [-0.1, -0.05) is 47.9 Å². The molecule has 202 valence electrons. The molecule has 0 radical (unpaired) electrons. The van der Waals surface area contributed by atoms with Crippen LogP contribution in [-0.2, 0) is 31.0 Å². The van der Waals surface area contributed by atoms with Crippen molar-refractivity contribution in [3.8, 4) is 0 Å². The maximum absolute atomic E-state index is 13.3. The van der Waals surface area contributed by atoms with Gasteiger partial charge in [-0.15, -0.1) is 11.3 Å². The van der Waals surface area contributed by atoms with Crippen molar-refractivity contribution in [2.24, 2.45) is 0 Å². The van der Waals surface area contributed by atoms with E-state index < -0.39 is 34.3 Å². The number of benzene rings is 1. The standard InChI is InChI=1S/C22H21N3O8S5/c1-33-10-8-24-19(28)15(36-21(24)18-20(29)25(12-17(26)27)22(34)37-18)6-7-16-23(9-11-38(30,31)32)13-4-2-3-5-14(13)35-16/h2-7H,8-12H2,1H3,(H,26,27)(H,30,31,32)/b15-6?,16-7?,21-18-. The van der Waals surface area contributed by atoms with E-state index in [9.17, 15) is 27.4 Å². The number of nitrogens with zero attached hydrogens (tertiary/aromatic N) is 3. The molecule has 0 saturated carbocycles. The number of aromatic nitrogens is 1. The van der Waals surface area contributed by atoms with E-state index in [0.717, 1.165) is 38.6 Å². The molecular weight excluding hydrogens is 595 g/mol. The monoisotopic (exact) mass is 615 g/mol. The van der Waals surface area contributed by atoms with E-state index in [1.54, 1.807) is 17.1 Å². The third-order valence-electron chi connectivity index (χ3n) is 5.35. The van der Waals surface area contributed by atoms with Crippen LogP contribution in [0.5, 0.6) is 0 Å². The average Bonchev–Trinajstić information content (AvgIpc) is 3.46. The normalized spacial score (nSPS) is 18.7. The fraction of sp³-hybridized carbons (Fsp3) is 0.273. The molecule has 0 spiro atoms. The molecule has 1 aromatic carbocycles. The van der Waals surface area contributed by atoms with Gasteiger partial charge >= 0.3 is 5.97 Å². The summed E-state index contributed by atoms with van der Waals surface area (Å²) in [6, 6.07) is 7.39. The molecule has 2 aromatic rings. The SMILES string of the molecule is COCCn1c(=O)c(=CC=C2Sc3ccccc3N2CCS(=O)(=O)O)s/c1=C1\SC(=S)N(CC(=O)O)C1=O. The van der Waals surface area contributed by atoms with Crippen LogP contribution >= 0.6 is 47.1 Å². The highest BCUT2D eigenvalue weighted by Gasteiger charge is 2.35. The van der Waals surface area contributed by atoms with Crippen molar-refractivity contribution in [1.82, 2.24) is 9.47 Å². The Labute approximate surface area is 234 Å². The summed E-state index contributed by atoms with van der Waals surface area (Å²) < 4.78 is 39.3. The second-order valence-corrected chi connectivity index (χ2v) is 13.2. The lowest BCUT2D eigenvalue weighted by Gasteiger charge is -2.19. The second-order valence-electron chi connectivity index (χ2n) is 7.88. The van der Waals surface area contributed by atoms with Gasteiger partial charge in [-0.2, -0.15) is 8.42 Å². The quantitative estimate of drug-likeness (QED) is 0.303. The van der Waals surface area contributed by atoms with E-state index in [4.69, 9.17) is 22.1 Å². The van der Waals surface area contributed by atoms with Gasteiger partial charge in [-0.3, -0.25) is 28.4 Å². The number of anilines is 1. The van der Waals surface area contributed by atoms with Crippen LogP contribution < -0.4 is 19.7 Å². The van der Waals surface area contributed by atoms with Gasteiger partial charge in [0.1, 0.15) is 20.4 Å². The van der Waals surface area contributed by atoms with Crippen molar-refractivity contribution in [1.29, 1.82) is 0 Å². The van der Waals surface area contributed by atoms with Crippen LogP contribution in [0.2, 0.25) is 0 Å². The number of allylic oxidation sites excluding steroid dienone is 1. The van der Waals surface area contributed by atoms with Crippen LogP contribution in [-0.4, -0.2) is 76.3 Å². The molecule has 1 amide bonds. The Hall–Kier alpha value is -2.47. The Bertz CT molecular complexity index is 1630. The lowest BCUT2D eigenvalue weighted by Crippen LogP contribution is -2.36. The zero-order valence-corrected chi connectivity index (χ0v) is 23.8. The number of ether oxygens (including phenoxy) is 1. The fourth-order valence-corrected chi connectivity index (χ4v) is 7.63. The van der Waals surface area contributed by atoms with Crippen LogP contribution in [0.4, 0.5) is 5.69 Å². The van der Waals surface area contributed by atoms with Gasteiger partial charge in [-0.25, -0.2) is 0 Å². The third-order valence-corrected chi connectivity index (χ3v) is 9.89. The van der Waals surface area contributed by atoms with Gasteiger partial charge in [0.2, 0.25) is 0 Å². The summed E-state index contributed by atoms with van der Waals surface area (Å²) in [7, 11) is -2.71. The van der Waals surface area contributed by atoms with Gasteiger partial charge in [0.15, 0.2) is 0 Å². The summed E-state index contributed by atoms with van der Waals surface area (Å²) in [6.45, 7) is -0.205. The molecule has 1 fully saturated rings. The van der Waals surface area contributed by atoms with Crippen LogP contribution in [0.1, 0.15) is 0 Å². The number of methoxy groups -OCH3 is 1. The lowest BCUT2D eigenvalue weighted by atomic mass is 10.3. The predicted octanol–water partition coefficient (Wildman–Crippen LogP) is 0.731. The molecular formula is C22H21N3O8S5. The Morgan fingerprint density at radius 3 is 2.55 bits per heavy atom. The minimum Gasteiger partial charge on any atom is -0.480 e. The smallest absolute Gasteiger partial charge is 0.323 e. The molecule has 4 rings (SSSR count). The van der Waals surface area contributed by atoms with E-state index >= 15 is 0 Å². The molecule has 0 atom stereocenters. The van der Waals surface area contributed by atoms with Crippen molar-refractivity contribution in [2.45, 2.75) is 11.4 Å². The van der Waals surface area contributed by atoms with Crippen molar-refractivity contribution in [3.63, 3.8) is 0 Å². The predicted molar refractivity (Wildman–Crippen MR) is 151 cm³/mol. The minimum atomic E-state index is -4.19. The minimum absolute atomic E-state index is 0.0101. The second kappa shape index (κ2) is 11.7. The topological polar surface area (TPSA) is 146 Å². The molecule has 38 heavy (non-hydrogen) atoms. The summed E-state index contributed by atoms with van der Waals surface area (Å²) >= 11 is 8.59. The Balaban J connectivity index is 1.79. The summed E-state index contributed by atoms with van der Waals surface area (Å²) in [6.07, 6.45) is 3.27. The van der Waals surface area contributed by atoms with E-state index in [-0.39, 0.29) is 34.5 Å². The Morgan fingerprint density at radius 2 is 1.87 bits per heavy atom. The first-order chi connectivity index (χ1) is 18.0. The number of carboxylic acid groups (broad SMARTS) is 1.